The summed E-state index contributed by atoms with van der Waals surface area (Å²) in [6.45, 7) is 0. The first-order chi connectivity index (χ1) is 6.50. The monoisotopic (exact) mass is 268 g/mol. The Morgan fingerprint density at radius 1 is 1.36 bits per heavy atom. The predicted octanol–water partition coefficient (Wildman–Crippen LogP) is 2.76. The zero-order valence-corrected chi connectivity index (χ0v) is 8.64. The van der Waals surface area contributed by atoms with Crippen molar-refractivity contribution in [1.29, 1.82) is 0 Å². The average molecular weight is 269 g/mol. The molecule has 0 aromatic heterocycles. The molecule has 0 aliphatic heterocycles. The maximum Gasteiger partial charge on any atom is 0.264 e. The van der Waals surface area contributed by atoms with Crippen LogP contribution in [0.5, 0.6) is 0 Å². The summed E-state index contributed by atoms with van der Waals surface area (Å²) in [5.74, 6) is -0.590. The van der Waals surface area contributed by atoms with Gasteiger partial charge in [-0.3, -0.25) is 0 Å². The van der Waals surface area contributed by atoms with E-state index in [1.165, 1.54) is 12.1 Å². The molecule has 1 unspecified atom stereocenters. The Kier molecular flexibility index (Phi) is 3.95. The van der Waals surface area contributed by atoms with Gasteiger partial charge in [0.05, 0.1) is 0 Å². The smallest absolute Gasteiger partial charge is 0.264 e. The van der Waals surface area contributed by atoms with Gasteiger partial charge in [0.1, 0.15) is 11.9 Å². The van der Waals surface area contributed by atoms with Crippen molar-refractivity contribution >= 4 is 15.9 Å². The summed E-state index contributed by atoms with van der Waals surface area (Å²) in [5.41, 5.74) is 0.0761. The zero-order valence-electron chi connectivity index (χ0n) is 7.05. The first-order valence-corrected chi connectivity index (χ1v) is 4.70. The molecule has 5 heteroatoms. The van der Waals surface area contributed by atoms with E-state index in [-0.39, 0.29) is 12.0 Å². The Morgan fingerprint density at radius 2 is 2.00 bits per heavy atom. The van der Waals surface area contributed by atoms with Crippen molar-refractivity contribution < 1.29 is 18.3 Å². The first-order valence-electron chi connectivity index (χ1n) is 3.91. The highest BCUT2D eigenvalue weighted by Gasteiger charge is 2.18. The minimum absolute atomic E-state index is 0.0761. The van der Waals surface area contributed by atoms with E-state index in [1.807, 2.05) is 0 Å². The van der Waals surface area contributed by atoms with E-state index in [0.29, 0.717) is 4.47 Å². The van der Waals surface area contributed by atoms with Crippen LogP contribution >= 0.6 is 15.9 Å². The first kappa shape index (κ1) is 11.5. The summed E-state index contributed by atoms with van der Waals surface area (Å²) < 4.78 is 37.5. The van der Waals surface area contributed by atoms with Crippen molar-refractivity contribution in [1.82, 2.24) is 0 Å². The molecule has 0 heterocycles. The molecule has 1 aromatic carbocycles. The summed E-state index contributed by atoms with van der Waals surface area (Å²) in [7, 11) is 0. The van der Waals surface area contributed by atoms with Crippen LogP contribution in [0.15, 0.2) is 22.7 Å². The molecule has 0 amide bonds. The second kappa shape index (κ2) is 4.79. The van der Waals surface area contributed by atoms with Crippen LogP contribution in [0.3, 0.4) is 0 Å². The molecule has 1 rings (SSSR count). The quantitative estimate of drug-likeness (QED) is 0.894. The highest BCUT2D eigenvalue weighted by atomic mass is 79.9. The molecule has 0 spiro atoms. The fourth-order valence-electron chi connectivity index (χ4n) is 1.01. The van der Waals surface area contributed by atoms with Gasteiger partial charge in [-0.05, 0) is 23.8 Å². The van der Waals surface area contributed by atoms with Gasteiger partial charge in [0.15, 0.2) is 0 Å². The van der Waals surface area contributed by atoms with Crippen molar-refractivity contribution in [3.05, 3.63) is 34.1 Å². The van der Waals surface area contributed by atoms with Crippen molar-refractivity contribution in [2.45, 2.75) is 19.0 Å². The van der Waals surface area contributed by atoms with Crippen LogP contribution in [-0.2, 0) is 6.42 Å². The number of rotatable bonds is 3. The van der Waals surface area contributed by atoms with E-state index in [9.17, 15) is 13.2 Å². The standard InChI is InChI=1S/C9H8BrF3O/c10-6-1-2-7(11)5(3-6)4-8(14)9(12)13/h1-3,8-9,14H,4H2. The molecule has 0 saturated carbocycles. The van der Waals surface area contributed by atoms with Gasteiger partial charge in [-0.1, -0.05) is 15.9 Å². The minimum atomic E-state index is -2.85. The lowest BCUT2D eigenvalue weighted by Gasteiger charge is -2.10. The van der Waals surface area contributed by atoms with E-state index in [1.54, 1.807) is 0 Å². The van der Waals surface area contributed by atoms with Crippen molar-refractivity contribution in [2.24, 2.45) is 0 Å². The fourth-order valence-corrected chi connectivity index (χ4v) is 1.42. The molecule has 14 heavy (non-hydrogen) atoms. The van der Waals surface area contributed by atoms with Crippen LogP contribution in [0, 0.1) is 5.82 Å². The van der Waals surface area contributed by atoms with Gasteiger partial charge in [0, 0.05) is 10.9 Å². The van der Waals surface area contributed by atoms with Gasteiger partial charge in [-0.25, -0.2) is 13.2 Å². The average Bonchev–Trinajstić information content (AvgIpc) is 2.11. The molecule has 0 fully saturated rings. The van der Waals surface area contributed by atoms with Crippen LogP contribution in [0.1, 0.15) is 5.56 Å². The summed E-state index contributed by atoms with van der Waals surface area (Å²) in [6, 6.07) is 4.01. The normalized spacial score (nSPS) is 13.3. The fraction of sp³-hybridized carbons (Fsp3) is 0.333. The molecule has 1 N–H and O–H groups in total. The second-order valence-electron chi connectivity index (χ2n) is 2.84. The summed E-state index contributed by atoms with van der Waals surface area (Å²) in [5, 5.41) is 8.86. The number of aliphatic hydroxyl groups is 1. The molecule has 0 bridgehead atoms. The third-order valence-electron chi connectivity index (χ3n) is 1.73. The molecule has 1 atom stereocenters. The van der Waals surface area contributed by atoms with Gasteiger partial charge in [-0.15, -0.1) is 0 Å². The SMILES string of the molecule is OC(Cc1cc(Br)ccc1F)C(F)F. The number of benzene rings is 1. The number of halogens is 4. The Labute approximate surface area is 87.7 Å². The number of hydrogen-bond acceptors (Lipinski definition) is 1. The maximum atomic E-state index is 13.0. The number of alkyl halides is 2. The van der Waals surface area contributed by atoms with Gasteiger partial charge in [-0.2, -0.15) is 0 Å². The lowest BCUT2D eigenvalue weighted by molar-refractivity contribution is -0.00405. The van der Waals surface area contributed by atoms with E-state index in [2.05, 4.69) is 15.9 Å². The summed E-state index contributed by atoms with van der Waals surface area (Å²) in [4.78, 5) is 0. The molecular weight excluding hydrogens is 261 g/mol. The maximum absolute atomic E-state index is 13.0. The molecule has 1 aromatic rings. The van der Waals surface area contributed by atoms with Crippen molar-refractivity contribution in [3.8, 4) is 0 Å². The molecule has 1 nitrogen and oxygen atoms in total. The Balaban J connectivity index is 2.80. The molecule has 0 aliphatic rings. The van der Waals surface area contributed by atoms with Gasteiger partial charge in [0.2, 0.25) is 0 Å². The second-order valence-corrected chi connectivity index (χ2v) is 3.76. The lowest BCUT2D eigenvalue weighted by atomic mass is 10.1. The molecular formula is C9H8BrF3O. The van der Waals surface area contributed by atoms with Crippen molar-refractivity contribution in [2.75, 3.05) is 0 Å². The Bertz CT molecular complexity index is 317. The third-order valence-corrected chi connectivity index (χ3v) is 2.22. The highest BCUT2D eigenvalue weighted by molar-refractivity contribution is 9.10. The summed E-state index contributed by atoms with van der Waals surface area (Å²) in [6.07, 6.45) is -5.06. The van der Waals surface area contributed by atoms with Gasteiger partial charge >= 0.3 is 0 Å². The largest absolute Gasteiger partial charge is 0.387 e. The number of hydrogen-bond donors (Lipinski definition) is 1. The van der Waals surface area contributed by atoms with E-state index in [0.717, 1.165) is 6.07 Å². The van der Waals surface area contributed by atoms with E-state index >= 15 is 0 Å². The predicted molar refractivity (Wildman–Crippen MR) is 49.8 cm³/mol. The number of aliphatic hydroxyl groups excluding tert-OH is 1. The van der Waals surface area contributed by atoms with Crippen LogP contribution in [-0.4, -0.2) is 17.6 Å². The molecule has 78 valence electrons. The van der Waals surface area contributed by atoms with Crippen LogP contribution in [0.25, 0.3) is 0 Å². The lowest BCUT2D eigenvalue weighted by Crippen LogP contribution is -2.20. The highest BCUT2D eigenvalue weighted by Crippen LogP contribution is 2.18. The zero-order chi connectivity index (χ0) is 10.7. The van der Waals surface area contributed by atoms with Crippen molar-refractivity contribution in [3.63, 3.8) is 0 Å². The Hall–Kier alpha value is -0.550. The molecule has 0 aliphatic carbocycles. The Morgan fingerprint density at radius 3 is 2.57 bits per heavy atom. The van der Waals surface area contributed by atoms with E-state index in [4.69, 9.17) is 5.11 Å². The van der Waals surface area contributed by atoms with Crippen LogP contribution in [0.4, 0.5) is 13.2 Å². The van der Waals surface area contributed by atoms with Crippen LogP contribution in [0.2, 0.25) is 0 Å². The topological polar surface area (TPSA) is 20.2 Å². The van der Waals surface area contributed by atoms with E-state index < -0.39 is 18.3 Å². The van der Waals surface area contributed by atoms with Gasteiger partial charge in [0.25, 0.3) is 6.43 Å². The molecule has 0 radical (unpaired) electrons. The summed E-state index contributed by atoms with van der Waals surface area (Å²) >= 11 is 3.09. The van der Waals surface area contributed by atoms with Gasteiger partial charge < -0.3 is 5.11 Å². The minimum Gasteiger partial charge on any atom is -0.387 e. The third kappa shape index (κ3) is 2.99. The van der Waals surface area contributed by atoms with Crippen LogP contribution < -0.4 is 0 Å². The molecule has 0 saturated heterocycles.